The molecule has 5 saturated carbocycles. The number of carbonyl (C=O) groups is 1. The molecular formula is C34H64O2. The number of rotatable bonds is 4. The van der Waals surface area contributed by atoms with Gasteiger partial charge in [-0.3, -0.25) is 4.79 Å². The molecule has 5 fully saturated rings. The molecule has 36 heavy (non-hydrogen) atoms. The Morgan fingerprint density at radius 1 is 0.889 bits per heavy atom. The molecule has 1 N–H and O–H groups in total. The summed E-state index contributed by atoms with van der Waals surface area (Å²) in [5.41, 5.74) is 1.65. The van der Waals surface area contributed by atoms with E-state index in [0.717, 1.165) is 47.8 Å². The van der Waals surface area contributed by atoms with E-state index in [0.29, 0.717) is 28.6 Å². The third-order valence-electron chi connectivity index (χ3n) is 12.5. The van der Waals surface area contributed by atoms with Crippen molar-refractivity contribution in [1.82, 2.24) is 0 Å². The largest absolute Gasteiger partial charge is 0.481 e. The molecule has 2 bridgehead atoms. The van der Waals surface area contributed by atoms with Crippen LogP contribution in [0.2, 0.25) is 0 Å². The van der Waals surface area contributed by atoms with Gasteiger partial charge in [0.1, 0.15) is 0 Å². The molecule has 0 heterocycles. The highest BCUT2D eigenvalue weighted by molar-refractivity contribution is 5.66. The van der Waals surface area contributed by atoms with Crippen LogP contribution >= 0.6 is 0 Å². The first-order chi connectivity index (χ1) is 17.1. The average molecular weight is 505 g/mol. The molecule has 212 valence electrons. The van der Waals surface area contributed by atoms with E-state index < -0.39 is 5.97 Å². The second-order valence-electron chi connectivity index (χ2n) is 13.4. The van der Waals surface area contributed by atoms with Gasteiger partial charge in [-0.25, -0.2) is 0 Å². The molecule has 2 heteroatoms. The number of aliphatic carboxylic acids is 1. The minimum atomic E-state index is -0.615. The predicted octanol–water partition coefficient (Wildman–Crippen LogP) is 10.5. The fourth-order valence-corrected chi connectivity index (χ4v) is 11.0. The standard InChI is InChI=1S/C28H46O2.3C2H6/c1-17-6-8-20-14-19(3)25-23(26(20,4)12-10-17)15-21-16-28(25)13-11-22(27(21,28)5)18(2)7-9-24(29)30;3*1-2/h17-23,25H,6-16H2,1-5H3,(H,29,30);3*1-2H3/t17-,18?,19?,20+,21?,22?,23?,25?,26?,27?,28+;;;/m1.../s1. The first-order valence-electron chi connectivity index (χ1n) is 16.3. The second kappa shape index (κ2) is 12.5. The van der Waals surface area contributed by atoms with Crippen molar-refractivity contribution in [2.75, 3.05) is 0 Å². The van der Waals surface area contributed by atoms with Gasteiger partial charge in [-0.2, -0.15) is 0 Å². The van der Waals surface area contributed by atoms with Gasteiger partial charge in [0.25, 0.3) is 0 Å². The molecule has 5 rings (SSSR count). The summed E-state index contributed by atoms with van der Waals surface area (Å²) in [5.74, 6) is 6.26. The van der Waals surface area contributed by atoms with Crippen molar-refractivity contribution >= 4 is 5.97 Å². The molecule has 5 aliphatic rings. The van der Waals surface area contributed by atoms with Crippen LogP contribution in [0.25, 0.3) is 0 Å². The Balaban J connectivity index is 0.000000710. The average Bonchev–Trinajstić information content (AvgIpc) is 3.02. The summed E-state index contributed by atoms with van der Waals surface area (Å²) in [5, 5.41) is 9.23. The van der Waals surface area contributed by atoms with E-state index in [1.807, 2.05) is 41.5 Å². The Morgan fingerprint density at radius 3 is 2.14 bits per heavy atom. The molecule has 8 unspecified atom stereocenters. The molecule has 0 aliphatic heterocycles. The SMILES string of the molecule is CC.CC.CC.CC(CCC(=O)O)C1CC[C@]23CC(CC4C2C(C)C[C@@H]2CC[C@@H](C)CCC42C)C13C. The van der Waals surface area contributed by atoms with Crippen LogP contribution in [-0.4, -0.2) is 11.1 Å². The molecule has 0 aromatic heterocycles. The molecule has 0 radical (unpaired) electrons. The van der Waals surface area contributed by atoms with Gasteiger partial charge in [-0.1, -0.05) is 89.0 Å². The third-order valence-corrected chi connectivity index (χ3v) is 12.5. The maximum atomic E-state index is 11.2. The van der Waals surface area contributed by atoms with Crippen LogP contribution in [0.15, 0.2) is 0 Å². The normalized spacial score (nSPS) is 46.7. The van der Waals surface area contributed by atoms with Crippen LogP contribution in [0.4, 0.5) is 0 Å². The van der Waals surface area contributed by atoms with E-state index in [1.54, 1.807) is 0 Å². The summed E-state index contributed by atoms with van der Waals surface area (Å²) in [6.07, 6.45) is 14.3. The van der Waals surface area contributed by atoms with Crippen molar-refractivity contribution in [3.05, 3.63) is 0 Å². The number of carboxylic acid groups (broad SMARTS) is 1. The van der Waals surface area contributed by atoms with Gasteiger partial charge < -0.3 is 5.11 Å². The number of fused-ring (bicyclic) bond motifs is 5. The number of hydrogen-bond donors (Lipinski definition) is 1. The lowest BCUT2D eigenvalue weighted by Crippen LogP contribution is -2.70. The molecule has 0 aromatic rings. The number of hydrogen-bond acceptors (Lipinski definition) is 1. The summed E-state index contributed by atoms with van der Waals surface area (Å²) < 4.78 is 0. The quantitative estimate of drug-likeness (QED) is 0.413. The van der Waals surface area contributed by atoms with Crippen molar-refractivity contribution in [3.8, 4) is 0 Å². The van der Waals surface area contributed by atoms with E-state index >= 15 is 0 Å². The third kappa shape index (κ3) is 4.83. The maximum absolute atomic E-state index is 11.2. The van der Waals surface area contributed by atoms with Gasteiger partial charge in [0, 0.05) is 6.42 Å². The molecule has 2 nitrogen and oxygen atoms in total. The second-order valence-corrected chi connectivity index (χ2v) is 13.4. The van der Waals surface area contributed by atoms with E-state index in [-0.39, 0.29) is 0 Å². The summed E-state index contributed by atoms with van der Waals surface area (Å²) in [7, 11) is 0. The van der Waals surface area contributed by atoms with Gasteiger partial charge in [-0.15, -0.1) is 0 Å². The zero-order chi connectivity index (χ0) is 27.5. The van der Waals surface area contributed by atoms with E-state index in [1.165, 1.54) is 57.8 Å². The topological polar surface area (TPSA) is 37.3 Å². The molecular weight excluding hydrogens is 440 g/mol. The molecule has 0 aromatic carbocycles. The minimum Gasteiger partial charge on any atom is -0.481 e. The van der Waals surface area contributed by atoms with Crippen molar-refractivity contribution < 1.29 is 9.90 Å². The predicted molar refractivity (Wildman–Crippen MR) is 156 cm³/mol. The summed E-state index contributed by atoms with van der Waals surface area (Å²) in [4.78, 5) is 11.2. The van der Waals surface area contributed by atoms with Crippen LogP contribution in [0.1, 0.15) is 147 Å². The minimum absolute atomic E-state index is 0.353. The van der Waals surface area contributed by atoms with Gasteiger partial charge in [0.15, 0.2) is 0 Å². The van der Waals surface area contributed by atoms with Gasteiger partial charge in [0.2, 0.25) is 0 Å². The molecule has 0 saturated heterocycles. The van der Waals surface area contributed by atoms with E-state index in [4.69, 9.17) is 0 Å². The lowest BCUT2D eigenvalue weighted by molar-refractivity contribution is -0.280. The number of carboxylic acids is 1. The van der Waals surface area contributed by atoms with Crippen molar-refractivity contribution in [2.45, 2.75) is 147 Å². The van der Waals surface area contributed by atoms with Crippen molar-refractivity contribution in [3.63, 3.8) is 0 Å². The van der Waals surface area contributed by atoms with Gasteiger partial charge in [0.05, 0.1) is 0 Å². The maximum Gasteiger partial charge on any atom is 0.303 e. The highest BCUT2D eigenvalue weighted by atomic mass is 16.4. The first kappa shape index (κ1) is 31.7. The Bertz CT molecular complexity index is 701. The first-order valence-corrected chi connectivity index (χ1v) is 16.3. The van der Waals surface area contributed by atoms with E-state index in [9.17, 15) is 9.90 Å². The van der Waals surface area contributed by atoms with Gasteiger partial charge in [-0.05, 0) is 115 Å². The van der Waals surface area contributed by atoms with Crippen LogP contribution < -0.4 is 0 Å². The van der Waals surface area contributed by atoms with Gasteiger partial charge >= 0.3 is 5.97 Å². The Morgan fingerprint density at radius 2 is 1.53 bits per heavy atom. The van der Waals surface area contributed by atoms with Crippen molar-refractivity contribution in [2.24, 2.45) is 63.6 Å². The summed E-state index contributed by atoms with van der Waals surface area (Å²) >= 11 is 0. The highest BCUT2D eigenvalue weighted by Gasteiger charge is 2.77. The monoisotopic (exact) mass is 504 g/mol. The Hall–Kier alpha value is -0.530. The molecule has 1 spiro atoms. The lowest BCUT2D eigenvalue weighted by atomic mass is 9.28. The smallest absolute Gasteiger partial charge is 0.303 e. The van der Waals surface area contributed by atoms with Crippen LogP contribution in [-0.2, 0) is 4.79 Å². The van der Waals surface area contributed by atoms with E-state index in [2.05, 4.69) is 34.6 Å². The van der Waals surface area contributed by atoms with Crippen LogP contribution in [0, 0.1) is 63.6 Å². The zero-order valence-electron chi connectivity index (χ0n) is 26.3. The van der Waals surface area contributed by atoms with Crippen LogP contribution in [0.3, 0.4) is 0 Å². The molecule has 5 aliphatic carbocycles. The lowest BCUT2D eigenvalue weighted by Gasteiger charge is -2.76. The Kier molecular flexibility index (Phi) is 11.0. The highest BCUT2D eigenvalue weighted by Crippen LogP contribution is 2.84. The summed E-state index contributed by atoms with van der Waals surface area (Å²) in [6.45, 7) is 24.9. The fraction of sp³-hybridized carbons (Fsp3) is 0.971. The van der Waals surface area contributed by atoms with Crippen LogP contribution in [0.5, 0.6) is 0 Å². The zero-order valence-corrected chi connectivity index (χ0v) is 26.3. The molecule has 0 amide bonds. The molecule has 11 atom stereocenters. The fourth-order valence-electron chi connectivity index (χ4n) is 11.0. The summed E-state index contributed by atoms with van der Waals surface area (Å²) in [6, 6.07) is 0. The van der Waals surface area contributed by atoms with Crippen molar-refractivity contribution in [1.29, 1.82) is 0 Å². The Labute approximate surface area is 226 Å².